The normalized spacial score (nSPS) is 31.5. The fourth-order valence-electron chi connectivity index (χ4n) is 1.80. The Hall–Kier alpha value is -0.630. The van der Waals surface area contributed by atoms with Crippen molar-refractivity contribution in [3.05, 3.63) is 0 Å². The summed E-state index contributed by atoms with van der Waals surface area (Å²) >= 11 is 0. The summed E-state index contributed by atoms with van der Waals surface area (Å²) in [5.74, 6) is 0.385. The summed E-state index contributed by atoms with van der Waals surface area (Å²) < 4.78 is 11.0. The van der Waals surface area contributed by atoms with Gasteiger partial charge in [-0.15, -0.1) is 0 Å². The molecule has 1 fully saturated rings. The topological polar surface area (TPSA) is 62.5 Å². The van der Waals surface area contributed by atoms with Crippen LogP contribution in [0.25, 0.3) is 0 Å². The molecule has 0 aromatic carbocycles. The van der Waals surface area contributed by atoms with E-state index in [1.807, 2.05) is 0 Å². The first-order valence-corrected chi connectivity index (χ1v) is 5.41. The molecule has 0 saturated carbocycles. The fraction of sp³-hybridized carbons (Fsp3) is 0.909. The van der Waals surface area contributed by atoms with Crippen molar-refractivity contribution in [2.75, 3.05) is 19.8 Å². The lowest BCUT2D eigenvalue weighted by molar-refractivity contribution is -0.125. The number of aliphatic hydroxyl groups excluding tert-OH is 1. The highest BCUT2D eigenvalue weighted by Crippen LogP contribution is 2.31. The largest absolute Gasteiger partial charge is 0.394 e. The molecular formula is C11H19NO3. The first-order valence-electron chi connectivity index (χ1n) is 5.41. The van der Waals surface area contributed by atoms with Crippen LogP contribution in [0, 0.1) is 17.2 Å². The van der Waals surface area contributed by atoms with Crippen molar-refractivity contribution in [3.8, 4) is 6.07 Å². The molecule has 1 heterocycles. The molecule has 0 aliphatic carbocycles. The lowest BCUT2D eigenvalue weighted by Gasteiger charge is -2.37. The van der Waals surface area contributed by atoms with Gasteiger partial charge in [-0.3, -0.25) is 0 Å². The Morgan fingerprint density at radius 3 is 2.93 bits per heavy atom. The van der Waals surface area contributed by atoms with Gasteiger partial charge < -0.3 is 14.6 Å². The maximum Gasteiger partial charge on any atom is 0.159 e. The number of rotatable bonds is 4. The molecule has 0 spiro atoms. The number of hydrogen-bond acceptors (Lipinski definition) is 4. The molecule has 2 unspecified atom stereocenters. The van der Waals surface area contributed by atoms with Gasteiger partial charge in [0.15, 0.2) is 5.60 Å². The summed E-state index contributed by atoms with van der Waals surface area (Å²) in [6, 6.07) is 2.22. The Morgan fingerprint density at radius 2 is 2.40 bits per heavy atom. The number of nitriles is 1. The van der Waals surface area contributed by atoms with Gasteiger partial charge in [0.05, 0.1) is 32.0 Å². The zero-order chi connectivity index (χ0) is 11.3. The molecule has 4 nitrogen and oxygen atoms in total. The highest BCUT2D eigenvalue weighted by Gasteiger charge is 2.39. The molecule has 0 bridgehead atoms. The van der Waals surface area contributed by atoms with Crippen molar-refractivity contribution in [2.45, 2.75) is 38.4 Å². The van der Waals surface area contributed by atoms with Gasteiger partial charge in [0, 0.05) is 12.8 Å². The molecule has 2 atom stereocenters. The molecule has 1 rings (SSSR count). The van der Waals surface area contributed by atoms with Crippen LogP contribution in [0.3, 0.4) is 0 Å². The van der Waals surface area contributed by atoms with Gasteiger partial charge in [0.25, 0.3) is 0 Å². The smallest absolute Gasteiger partial charge is 0.159 e. The molecule has 0 amide bonds. The predicted molar refractivity (Wildman–Crippen MR) is 55.2 cm³/mol. The minimum atomic E-state index is -0.754. The summed E-state index contributed by atoms with van der Waals surface area (Å²) in [6.07, 6.45) is 1.27. The van der Waals surface area contributed by atoms with E-state index in [1.54, 1.807) is 0 Å². The van der Waals surface area contributed by atoms with Crippen LogP contribution in [0.1, 0.15) is 26.7 Å². The van der Waals surface area contributed by atoms with Gasteiger partial charge in [-0.1, -0.05) is 13.8 Å². The second kappa shape index (κ2) is 5.45. The lowest BCUT2D eigenvalue weighted by Crippen LogP contribution is -2.44. The molecule has 1 aliphatic heterocycles. The summed E-state index contributed by atoms with van der Waals surface area (Å²) in [4.78, 5) is 0. The van der Waals surface area contributed by atoms with Gasteiger partial charge in [-0.05, 0) is 5.92 Å². The second-order valence-corrected chi connectivity index (χ2v) is 4.29. The SMILES string of the molecule is CC(C)C1CC(C#N)(OCCO)CCO1. The van der Waals surface area contributed by atoms with Gasteiger partial charge in [0.1, 0.15) is 0 Å². The van der Waals surface area contributed by atoms with Crippen LogP contribution in [0.2, 0.25) is 0 Å². The Kier molecular flexibility index (Phi) is 4.52. The molecule has 86 valence electrons. The first-order chi connectivity index (χ1) is 7.13. The van der Waals surface area contributed by atoms with Crippen molar-refractivity contribution in [2.24, 2.45) is 5.92 Å². The van der Waals surface area contributed by atoms with Gasteiger partial charge >= 0.3 is 0 Å². The van der Waals surface area contributed by atoms with Crippen LogP contribution in [-0.4, -0.2) is 36.6 Å². The molecule has 0 aromatic rings. The second-order valence-electron chi connectivity index (χ2n) is 4.29. The van der Waals surface area contributed by atoms with Crippen LogP contribution in [-0.2, 0) is 9.47 Å². The lowest BCUT2D eigenvalue weighted by atomic mass is 9.87. The standard InChI is InChI=1S/C11H19NO3/c1-9(2)10-7-11(8-12,3-5-14-10)15-6-4-13/h9-10,13H,3-7H2,1-2H3. The van der Waals surface area contributed by atoms with E-state index in [0.29, 0.717) is 25.4 Å². The fourth-order valence-corrected chi connectivity index (χ4v) is 1.80. The van der Waals surface area contributed by atoms with Crippen LogP contribution < -0.4 is 0 Å². The van der Waals surface area contributed by atoms with E-state index < -0.39 is 5.60 Å². The van der Waals surface area contributed by atoms with Crippen molar-refractivity contribution in [3.63, 3.8) is 0 Å². The summed E-state index contributed by atoms with van der Waals surface area (Å²) in [7, 11) is 0. The number of ether oxygens (including phenoxy) is 2. The van der Waals surface area contributed by atoms with Gasteiger partial charge in [-0.2, -0.15) is 5.26 Å². The van der Waals surface area contributed by atoms with E-state index >= 15 is 0 Å². The average Bonchev–Trinajstić information content (AvgIpc) is 2.26. The van der Waals surface area contributed by atoms with E-state index in [9.17, 15) is 0 Å². The zero-order valence-corrected chi connectivity index (χ0v) is 9.40. The van der Waals surface area contributed by atoms with Gasteiger partial charge in [0.2, 0.25) is 0 Å². The number of hydrogen-bond donors (Lipinski definition) is 1. The van der Waals surface area contributed by atoms with Crippen molar-refractivity contribution in [1.82, 2.24) is 0 Å². The average molecular weight is 213 g/mol. The van der Waals surface area contributed by atoms with Crippen molar-refractivity contribution < 1.29 is 14.6 Å². The third-order valence-corrected chi connectivity index (χ3v) is 2.79. The molecule has 0 aromatic heterocycles. The Bertz CT molecular complexity index is 236. The molecule has 1 saturated heterocycles. The van der Waals surface area contributed by atoms with Crippen molar-refractivity contribution >= 4 is 0 Å². The summed E-state index contributed by atoms with van der Waals surface area (Å²) in [6.45, 7) is 4.88. The van der Waals surface area contributed by atoms with Crippen LogP contribution in [0.4, 0.5) is 0 Å². The summed E-state index contributed by atoms with van der Waals surface area (Å²) in [5, 5.41) is 17.9. The highest BCUT2D eigenvalue weighted by atomic mass is 16.5. The van der Waals surface area contributed by atoms with E-state index in [1.165, 1.54) is 0 Å². The molecule has 1 aliphatic rings. The Labute approximate surface area is 90.8 Å². The minimum absolute atomic E-state index is 0.0450. The van der Waals surface area contributed by atoms with Gasteiger partial charge in [-0.25, -0.2) is 0 Å². The maximum atomic E-state index is 9.16. The van der Waals surface area contributed by atoms with E-state index in [4.69, 9.17) is 19.8 Å². The number of aliphatic hydroxyl groups is 1. The molecule has 1 N–H and O–H groups in total. The highest BCUT2D eigenvalue weighted by molar-refractivity contribution is 5.05. The molecule has 4 heteroatoms. The van der Waals surface area contributed by atoms with Crippen LogP contribution in [0.15, 0.2) is 0 Å². The predicted octanol–water partition coefficient (Wildman–Crippen LogP) is 1.09. The Balaban J connectivity index is 2.60. The van der Waals surface area contributed by atoms with E-state index in [0.717, 1.165) is 0 Å². The van der Waals surface area contributed by atoms with Crippen molar-refractivity contribution in [1.29, 1.82) is 5.26 Å². The zero-order valence-electron chi connectivity index (χ0n) is 9.40. The quantitative estimate of drug-likeness (QED) is 0.759. The summed E-state index contributed by atoms with van der Waals surface area (Å²) in [5.41, 5.74) is -0.754. The van der Waals surface area contributed by atoms with E-state index in [-0.39, 0.29) is 19.3 Å². The third kappa shape index (κ3) is 3.16. The monoisotopic (exact) mass is 213 g/mol. The molecule has 0 radical (unpaired) electrons. The Morgan fingerprint density at radius 1 is 1.67 bits per heavy atom. The first kappa shape index (κ1) is 12.4. The number of nitrogens with zero attached hydrogens (tertiary/aromatic N) is 1. The molecular weight excluding hydrogens is 194 g/mol. The maximum absolute atomic E-state index is 9.16. The van der Waals surface area contributed by atoms with E-state index in [2.05, 4.69) is 19.9 Å². The third-order valence-electron chi connectivity index (χ3n) is 2.79. The van der Waals surface area contributed by atoms with Crippen LogP contribution >= 0.6 is 0 Å². The minimum Gasteiger partial charge on any atom is -0.394 e. The van der Waals surface area contributed by atoms with Crippen LogP contribution in [0.5, 0.6) is 0 Å². The molecule has 15 heavy (non-hydrogen) atoms.